The van der Waals surface area contributed by atoms with E-state index in [0.29, 0.717) is 6.54 Å². The molecule has 1 atom stereocenters. The van der Waals surface area contributed by atoms with Crippen molar-refractivity contribution in [1.82, 2.24) is 25.4 Å². The molecule has 7 heteroatoms. The molecule has 2 fully saturated rings. The minimum Gasteiger partial charge on any atom is -0.349 e. The molecule has 1 spiro atoms. The standard InChI is InChI=1S/C20H31N5O2/c1-15(2)23-19(27)25-10-7-20(8-11-25)12-17(24(3)14-20)18(26)22-13-16-6-4-5-9-21-16/h4-6,9,15,17H,7-8,10-14H2,1-3H3,(H,22,26)(H,23,27). The molecule has 7 nitrogen and oxygen atoms in total. The highest BCUT2D eigenvalue weighted by Crippen LogP contribution is 2.42. The van der Waals surface area contributed by atoms with Crippen LogP contribution in [0.1, 0.15) is 38.8 Å². The van der Waals surface area contributed by atoms with E-state index >= 15 is 0 Å². The molecule has 27 heavy (non-hydrogen) atoms. The van der Waals surface area contributed by atoms with Crippen LogP contribution < -0.4 is 10.6 Å². The van der Waals surface area contributed by atoms with E-state index in [9.17, 15) is 9.59 Å². The zero-order valence-corrected chi connectivity index (χ0v) is 16.6. The number of urea groups is 1. The van der Waals surface area contributed by atoms with Gasteiger partial charge in [-0.1, -0.05) is 6.07 Å². The van der Waals surface area contributed by atoms with E-state index < -0.39 is 0 Å². The van der Waals surface area contributed by atoms with Gasteiger partial charge in [-0.25, -0.2) is 4.79 Å². The summed E-state index contributed by atoms with van der Waals surface area (Å²) in [6.45, 7) is 6.84. The smallest absolute Gasteiger partial charge is 0.317 e. The molecular formula is C20H31N5O2. The summed E-state index contributed by atoms with van der Waals surface area (Å²) in [6.07, 6.45) is 4.50. The average Bonchev–Trinajstić information content (AvgIpc) is 2.96. The Kier molecular flexibility index (Phi) is 5.99. The molecule has 3 heterocycles. The molecule has 0 aliphatic carbocycles. The van der Waals surface area contributed by atoms with Gasteiger partial charge in [-0.2, -0.15) is 0 Å². The van der Waals surface area contributed by atoms with Gasteiger partial charge in [0.15, 0.2) is 0 Å². The normalized spacial score (nSPS) is 22.2. The van der Waals surface area contributed by atoms with E-state index in [-0.39, 0.29) is 29.4 Å². The first-order chi connectivity index (χ1) is 12.9. The van der Waals surface area contributed by atoms with Gasteiger partial charge >= 0.3 is 6.03 Å². The number of hydrogen-bond donors (Lipinski definition) is 2. The molecule has 2 aliphatic heterocycles. The van der Waals surface area contributed by atoms with Gasteiger partial charge in [-0.3, -0.25) is 14.7 Å². The van der Waals surface area contributed by atoms with Gasteiger partial charge in [0.25, 0.3) is 0 Å². The Labute approximate surface area is 161 Å². The molecule has 1 unspecified atom stereocenters. The first-order valence-corrected chi connectivity index (χ1v) is 9.82. The van der Waals surface area contributed by atoms with Crippen LogP contribution in [0.5, 0.6) is 0 Å². The molecule has 0 aromatic carbocycles. The fraction of sp³-hybridized carbons (Fsp3) is 0.650. The maximum absolute atomic E-state index is 12.7. The van der Waals surface area contributed by atoms with Crippen molar-refractivity contribution in [3.05, 3.63) is 30.1 Å². The van der Waals surface area contributed by atoms with Crippen LogP contribution in [0.2, 0.25) is 0 Å². The maximum Gasteiger partial charge on any atom is 0.317 e. The Morgan fingerprint density at radius 3 is 2.67 bits per heavy atom. The molecule has 0 saturated carbocycles. The van der Waals surface area contributed by atoms with Crippen molar-refractivity contribution in [3.63, 3.8) is 0 Å². The number of piperidine rings is 1. The Morgan fingerprint density at radius 1 is 1.30 bits per heavy atom. The third kappa shape index (κ3) is 4.77. The molecular weight excluding hydrogens is 342 g/mol. The fourth-order valence-corrected chi connectivity index (χ4v) is 4.25. The van der Waals surface area contributed by atoms with Gasteiger partial charge in [0.2, 0.25) is 5.91 Å². The molecule has 3 amide bonds. The summed E-state index contributed by atoms with van der Waals surface area (Å²) in [5.41, 5.74) is 1.00. The number of nitrogens with one attached hydrogen (secondary N) is 2. The number of likely N-dealkylation sites (tertiary alicyclic amines) is 2. The number of amides is 3. The fourth-order valence-electron chi connectivity index (χ4n) is 4.25. The molecule has 0 bridgehead atoms. The van der Waals surface area contributed by atoms with Crippen molar-refractivity contribution in [1.29, 1.82) is 0 Å². The second-order valence-electron chi connectivity index (χ2n) is 8.27. The van der Waals surface area contributed by atoms with Crippen molar-refractivity contribution in [2.75, 3.05) is 26.7 Å². The lowest BCUT2D eigenvalue weighted by molar-refractivity contribution is -0.125. The highest BCUT2D eigenvalue weighted by Gasteiger charge is 2.47. The van der Waals surface area contributed by atoms with Gasteiger partial charge in [-0.15, -0.1) is 0 Å². The number of carbonyl (C=O) groups is 2. The number of carbonyl (C=O) groups excluding carboxylic acids is 2. The Morgan fingerprint density at radius 2 is 2.04 bits per heavy atom. The predicted molar refractivity (Wildman–Crippen MR) is 104 cm³/mol. The number of hydrogen-bond acceptors (Lipinski definition) is 4. The van der Waals surface area contributed by atoms with Crippen LogP contribution >= 0.6 is 0 Å². The number of nitrogens with zero attached hydrogens (tertiary/aromatic N) is 3. The van der Waals surface area contributed by atoms with E-state index in [0.717, 1.165) is 44.6 Å². The minimum atomic E-state index is -0.107. The quantitative estimate of drug-likeness (QED) is 0.840. The zero-order valence-electron chi connectivity index (χ0n) is 16.6. The van der Waals surface area contributed by atoms with Crippen LogP contribution in [0.15, 0.2) is 24.4 Å². The van der Waals surface area contributed by atoms with Crippen molar-refractivity contribution in [2.45, 2.75) is 51.7 Å². The van der Waals surface area contributed by atoms with E-state index in [2.05, 4.69) is 20.5 Å². The van der Waals surface area contributed by atoms with Crippen molar-refractivity contribution >= 4 is 11.9 Å². The van der Waals surface area contributed by atoms with E-state index in [1.54, 1.807) is 6.20 Å². The first-order valence-electron chi connectivity index (χ1n) is 9.82. The van der Waals surface area contributed by atoms with E-state index in [4.69, 9.17) is 0 Å². The molecule has 3 rings (SSSR count). The predicted octanol–water partition coefficient (Wildman–Crippen LogP) is 1.60. The number of aromatic nitrogens is 1. The summed E-state index contributed by atoms with van der Waals surface area (Å²) in [5, 5.41) is 5.99. The number of likely N-dealkylation sites (N-methyl/N-ethyl adjacent to an activating group) is 1. The monoisotopic (exact) mass is 373 g/mol. The summed E-state index contributed by atoms with van der Waals surface area (Å²) in [7, 11) is 2.03. The molecule has 2 aliphatic rings. The summed E-state index contributed by atoms with van der Waals surface area (Å²) < 4.78 is 0. The summed E-state index contributed by atoms with van der Waals surface area (Å²) in [4.78, 5) is 33.2. The zero-order chi connectivity index (χ0) is 19.4. The summed E-state index contributed by atoms with van der Waals surface area (Å²) in [6, 6.07) is 5.78. The Hall–Kier alpha value is -2.15. The van der Waals surface area contributed by atoms with Gasteiger partial charge in [0, 0.05) is 31.9 Å². The highest BCUT2D eigenvalue weighted by molar-refractivity contribution is 5.82. The lowest BCUT2D eigenvalue weighted by Crippen LogP contribution is -2.49. The number of rotatable bonds is 4. The maximum atomic E-state index is 12.7. The average molecular weight is 374 g/mol. The first kappa shape index (κ1) is 19.6. The van der Waals surface area contributed by atoms with Gasteiger partial charge < -0.3 is 15.5 Å². The lowest BCUT2D eigenvalue weighted by atomic mass is 9.76. The van der Waals surface area contributed by atoms with Crippen LogP contribution in [0.3, 0.4) is 0 Å². The summed E-state index contributed by atoms with van der Waals surface area (Å²) in [5.74, 6) is 0.0695. The van der Waals surface area contributed by atoms with E-state index in [1.165, 1.54) is 0 Å². The van der Waals surface area contributed by atoms with E-state index in [1.807, 2.05) is 44.0 Å². The van der Waals surface area contributed by atoms with Gasteiger partial charge in [-0.05, 0) is 57.7 Å². The molecule has 2 N–H and O–H groups in total. The van der Waals surface area contributed by atoms with Gasteiger partial charge in [0.1, 0.15) is 0 Å². The molecule has 1 aromatic rings. The van der Waals surface area contributed by atoms with Crippen LogP contribution in [0.4, 0.5) is 4.79 Å². The van der Waals surface area contributed by atoms with Crippen LogP contribution in [-0.2, 0) is 11.3 Å². The van der Waals surface area contributed by atoms with Crippen molar-refractivity contribution in [2.24, 2.45) is 5.41 Å². The third-order valence-electron chi connectivity index (χ3n) is 5.74. The molecule has 2 saturated heterocycles. The topological polar surface area (TPSA) is 77.6 Å². The molecule has 148 valence electrons. The van der Waals surface area contributed by atoms with Crippen LogP contribution in [0, 0.1) is 5.41 Å². The molecule has 1 aromatic heterocycles. The number of pyridine rings is 1. The third-order valence-corrected chi connectivity index (χ3v) is 5.74. The van der Waals surface area contributed by atoms with Gasteiger partial charge in [0.05, 0.1) is 18.3 Å². The lowest BCUT2D eigenvalue weighted by Gasteiger charge is -2.39. The van der Waals surface area contributed by atoms with Crippen LogP contribution in [0.25, 0.3) is 0 Å². The second kappa shape index (κ2) is 8.25. The SMILES string of the molecule is CC(C)NC(=O)N1CCC2(CC1)CC(C(=O)NCc1ccccn1)N(C)C2. The Balaban J connectivity index is 1.52. The highest BCUT2D eigenvalue weighted by atomic mass is 16.2. The largest absolute Gasteiger partial charge is 0.349 e. The van der Waals surface area contributed by atoms with Crippen LogP contribution in [-0.4, -0.2) is 65.5 Å². The van der Waals surface area contributed by atoms with Crippen molar-refractivity contribution < 1.29 is 9.59 Å². The second-order valence-corrected chi connectivity index (χ2v) is 8.27. The van der Waals surface area contributed by atoms with Crippen molar-refractivity contribution in [3.8, 4) is 0 Å². The minimum absolute atomic E-state index is 0.0239. The Bertz CT molecular complexity index is 656. The summed E-state index contributed by atoms with van der Waals surface area (Å²) >= 11 is 0. The molecule has 0 radical (unpaired) electrons.